The van der Waals surface area contributed by atoms with Crippen LogP contribution in [0, 0.1) is 13.7 Å². The maximum Gasteiger partial charge on any atom is 0.270 e. The van der Waals surface area contributed by atoms with Crippen LogP contribution in [0.15, 0.2) is 42.5 Å². The zero-order chi connectivity index (χ0) is 18.0. The van der Waals surface area contributed by atoms with Crippen LogP contribution in [-0.4, -0.2) is 20.9 Å². The molecule has 0 aliphatic carbocycles. The Kier molecular flexibility index (Phi) is 5.20. The molecular formula is C15H9IN4O3S2. The Balaban J connectivity index is 1.70. The average molecular weight is 484 g/mol. The third kappa shape index (κ3) is 4.27. The largest absolute Gasteiger partial charge is 0.308 e. The quantitative estimate of drug-likeness (QED) is 0.253. The lowest BCUT2D eigenvalue weighted by molar-refractivity contribution is -0.384. The van der Waals surface area contributed by atoms with Gasteiger partial charge in [-0.15, -0.1) is 0 Å². The molecule has 25 heavy (non-hydrogen) atoms. The molecule has 1 amide bonds. The predicted molar refractivity (Wildman–Crippen MR) is 109 cm³/mol. The minimum absolute atomic E-state index is 0.00251. The van der Waals surface area contributed by atoms with Crippen LogP contribution in [0.5, 0.6) is 0 Å². The summed E-state index contributed by atoms with van der Waals surface area (Å²) in [5.74, 6) is -0.328. The molecule has 126 valence electrons. The van der Waals surface area contributed by atoms with Crippen LogP contribution in [0.2, 0.25) is 0 Å². The van der Waals surface area contributed by atoms with E-state index in [0.29, 0.717) is 20.9 Å². The third-order valence-corrected chi connectivity index (χ3v) is 4.99. The first kappa shape index (κ1) is 17.6. The summed E-state index contributed by atoms with van der Waals surface area (Å²) < 4.78 is 1.68. The van der Waals surface area contributed by atoms with Crippen molar-refractivity contribution in [1.29, 1.82) is 0 Å². The van der Waals surface area contributed by atoms with Crippen LogP contribution in [-0.2, 0) is 0 Å². The minimum atomic E-state index is -0.460. The first-order valence-corrected chi connectivity index (χ1v) is 9.15. The number of thiazole rings is 1. The van der Waals surface area contributed by atoms with Gasteiger partial charge >= 0.3 is 0 Å². The number of hydrogen-bond donors (Lipinski definition) is 2. The number of halogens is 1. The minimum Gasteiger partial charge on any atom is -0.308 e. The van der Waals surface area contributed by atoms with E-state index in [4.69, 9.17) is 12.2 Å². The fraction of sp³-hybridized carbons (Fsp3) is 0. The number of thiocarbonyl (C=S) groups is 1. The summed E-state index contributed by atoms with van der Waals surface area (Å²) in [4.78, 5) is 26.8. The zero-order valence-corrected chi connectivity index (χ0v) is 16.1. The maximum atomic E-state index is 12.1. The molecule has 0 saturated heterocycles. The van der Waals surface area contributed by atoms with Crippen molar-refractivity contribution in [3.05, 3.63) is 61.7 Å². The molecule has 2 aromatic carbocycles. The van der Waals surface area contributed by atoms with Gasteiger partial charge in [0.15, 0.2) is 10.2 Å². The lowest BCUT2D eigenvalue weighted by Crippen LogP contribution is -2.34. The number of aromatic nitrogens is 1. The molecule has 0 aliphatic heterocycles. The lowest BCUT2D eigenvalue weighted by Gasteiger charge is -2.07. The highest BCUT2D eigenvalue weighted by molar-refractivity contribution is 14.1. The van der Waals surface area contributed by atoms with Gasteiger partial charge < -0.3 is 5.32 Å². The normalized spacial score (nSPS) is 10.4. The monoisotopic (exact) mass is 484 g/mol. The molecule has 2 N–H and O–H groups in total. The van der Waals surface area contributed by atoms with Crippen LogP contribution in [0.25, 0.3) is 10.2 Å². The standard InChI is InChI=1S/C15H9IN4O3S2/c16-9-3-1-8(2-4-9)13(21)18-14(24)19-15-17-11-6-5-10(20(22)23)7-12(11)25-15/h1-7H,(H2,17,18,19,21,24). The Morgan fingerprint density at radius 3 is 2.64 bits per heavy atom. The molecule has 0 unspecified atom stereocenters. The van der Waals surface area contributed by atoms with E-state index in [0.717, 1.165) is 3.57 Å². The van der Waals surface area contributed by atoms with Crippen molar-refractivity contribution in [2.75, 3.05) is 5.32 Å². The van der Waals surface area contributed by atoms with Gasteiger partial charge in [0.25, 0.3) is 11.6 Å². The number of nitrogens with one attached hydrogen (secondary N) is 2. The number of rotatable bonds is 3. The number of nitro benzene ring substituents is 1. The van der Waals surface area contributed by atoms with Crippen LogP contribution in [0.1, 0.15) is 10.4 Å². The number of carbonyl (C=O) groups is 1. The number of nitrogens with zero attached hydrogens (tertiary/aromatic N) is 2. The van der Waals surface area contributed by atoms with Crippen LogP contribution in [0.4, 0.5) is 10.8 Å². The van der Waals surface area contributed by atoms with E-state index < -0.39 is 4.92 Å². The summed E-state index contributed by atoms with van der Waals surface area (Å²) >= 11 is 8.49. The molecule has 0 spiro atoms. The van der Waals surface area contributed by atoms with Gasteiger partial charge in [0, 0.05) is 21.3 Å². The molecular weight excluding hydrogens is 475 g/mol. The molecule has 10 heteroatoms. The zero-order valence-electron chi connectivity index (χ0n) is 12.4. The summed E-state index contributed by atoms with van der Waals surface area (Å²) in [6, 6.07) is 11.5. The lowest BCUT2D eigenvalue weighted by atomic mass is 10.2. The van der Waals surface area contributed by atoms with Crippen molar-refractivity contribution in [2.24, 2.45) is 0 Å². The van der Waals surface area contributed by atoms with Crippen molar-refractivity contribution >= 4 is 78.2 Å². The molecule has 7 nitrogen and oxygen atoms in total. The van der Waals surface area contributed by atoms with Crippen molar-refractivity contribution in [3.8, 4) is 0 Å². The number of non-ortho nitro benzene ring substituents is 1. The molecule has 0 saturated carbocycles. The molecule has 0 atom stereocenters. The number of benzene rings is 2. The van der Waals surface area contributed by atoms with Crippen LogP contribution >= 0.6 is 46.1 Å². The molecule has 0 radical (unpaired) electrons. The Morgan fingerprint density at radius 2 is 1.96 bits per heavy atom. The second kappa shape index (κ2) is 7.37. The topological polar surface area (TPSA) is 97.2 Å². The number of hydrogen-bond acceptors (Lipinski definition) is 6. The van der Waals surface area contributed by atoms with E-state index in [1.807, 2.05) is 12.1 Å². The number of carbonyl (C=O) groups excluding carboxylic acids is 1. The fourth-order valence-electron chi connectivity index (χ4n) is 1.99. The predicted octanol–water partition coefficient (Wildman–Crippen LogP) is 3.94. The van der Waals surface area contributed by atoms with Gasteiger partial charge in [-0.2, -0.15) is 0 Å². The molecule has 1 aromatic heterocycles. The van der Waals surface area contributed by atoms with Gasteiger partial charge in [-0.3, -0.25) is 20.2 Å². The van der Waals surface area contributed by atoms with E-state index in [1.165, 1.54) is 23.5 Å². The average Bonchev–Trinajstić information content (AvgIpc) is 2.96. The molecule has 3 aromatic rings. The summed E-state index contributed by atoms with van der Waals surface area (Å²) in [5, 5.41) is 16.8. The highest BCUT2D eigenvalue weighted by Crippen LogP contribution is 2.29. The number of amides is 1. The highest BCUT2D eigenvalue weighted by Gasteiger charge is 2.12. The Morgan fingerprint density at radius 1 is 1.24 bits per heavy atom. The second-order valence-electron chi connectivity index (χ2n) is 4.84. The summed E-state index contributed by atoms with van der Waals surface area (Å²) in [5.41, 5.74) is 1.10. The highest BCUT2D eigenvalue weighted by atomic mass is 127. The first-order valence-electron chi connectivity index (χ1n) is 6.85. The van der Waals surface area contributed by atoms with Crippen molar-refractivity contribution in [2.45, 2.75) is 0 Å². The summed E-state index contributed by atoms with van der Waals surface area (Å²) in [7, 11) is 0. The van der Waals surface area contributed by atoms with Gasteiger partial charge in [0.1, 0.15) is 0 Å². The van der Waals surface area contributed by atoms with Gasteiger partial charge in [-0.1, -0.05) is 11.3 Å². The molecule has 1 heterocycles. The van der Waals surface area contributed by atoms with Gasteiger partial charge in [0.05, 0.1) is 15.1 Å². The van der Waals surface area contributed by atoms with Crippen molar-refractivity contribution in [1.82, 2.24) is 10.3 Å². The fourth-order valence-corrected chi connectivity index (χ4v) is 3.50. The van der Waals surface area contributed by atoms with E-state index in [2.05, 4.69) is 38.2 Å². The molecule has 0 fully saturated rings. The van der Waals surface area contributed by atoms with E-state index in [-0.39, 0.29) is 16.7 Å². The summed E-state index contributed by atoms with van der Waals surface area (Å²) in [6.45, 7) is 0. The van der Waals surface area contributed by atoms with Gasteiger partial charge in [-0.25, -0.2) is 4.98 Å². The van der Waals surface area contributed by atoms with Crippen LogP contribution < -0.4 is 10.6 Å². The van der Waals surface area contributed by atoms with Crippen LogP contribution in [0.3, 0.4) is 0 Å². The molecule has 0 aliphatic rings. The summed E-state index contributed by atoms with van der Waals surface area (Å²) in [6.07, 6.45) is 0. The van der Waals surface area contributed by atoms with Crippen molar-refractivity contribution in [3.63, 3.8) is 0 Å². The number of nitro groups is 1. The van der Waals surface area contributed by atoms with E-state index in [9.17, 15) is 14.9 Å². The Labute approximate surface area is 164 Å². The van der Waals surface area contributed by atoms with Gasteiger partial charge in [-0.05, 0) is 65.1 Å². The second-order valence-corrected chi connectivity index (χ2v) is 7.53. The maximum absolute atomic E-state index is 12.1. The van der Waals surface area contributed by atoms with E-state index >= 15 is 0 Å². The molecule has 0 bridgehead atoms. The smallest absolute Gasteiger partial charge is 0.270 e. The Bertz CT molecular complexity index is 988. The SMILES string of the molecule is O=C(NC(=S)Nc1nc2ccc([N+](=O)[O-])cc2s1)c1ccc(I)cc1. The van der Waals surface area contributed by atoms with Crippen molar-refractivity contribution < 1.29 is 9.72 Å². The molecule has 3 rings (SSSR count). The number of fused-ring (bicyclic) bond motifs is 1. The van der Waals surface area contributed by atoms with E-state index in [1.54, 1.807) is 18.2 Å². The number of anilines is 1. The first-order chi connectivity index (χ1) is 11.9. The Hall–Kier alpha value is -2.18. The third-order valence-electron chi connectivity index (χ3n) is 3.14. The van der Waals surface area contributed by atoms with Gasteiger partial charge in [0.2, 0.25) is 0 Å².